The fourth-order valence-corrected chi connectivity index (χ4v) is 4.61. The Bertz CT molecular complexity index is 530. The van der Waals surface area contributed by atoms with E-state index < -0.39 is 0 Å². The van der Waals surface area contributed by atoms with E-state index in [-0.39, 0.29) is 0 Å². The van der Waals surface area contributed by atoms with E-state index >= 15 is 0 Å². The van der Waals surface area contributed by atoms with Crippen LogP contribution in [0.4, 0.5) is 0 Å². The number of nitrogens with one attached hydrogen (secondary N) is 1. The third-order valence-electron chi connectivity index (χ3n) is 5.22. The van der Waals surface area contributed by atoms with Gasteiger partial charge in [-0.15, -0.1) is 11.3 Å². The molecule has 1 aromatic heterocycles. The molecule has 3 N–H and O–H groups in total. The molecular weight excluding hydrogens is 334 g/mol. The van der Waals surface area contributed by atoms with Crippen molar-refractivity contribution in [2.75, 3.05) is 52.5 Å². The van der Waals surface area contributed by atoms with Crippen LogP contribution in [0.5, 0.6) is 0 Å². The maximum atomic E-state index is 6.15. The predicted octanol–water partition coefficient (Wildman–Crippen LogP) is 1.51. The normalized spacial score (nSPS) is 24.5. The first-order valence-corrected chi connectivity index (χ1v) is 10.3. The van der Waals surface area contributed by atoms with E-state index in [2.05, 4.69) is 44.5 Å². The van der Waals surface area contributed by atoms with Gasteiger partial charge in [0.15, 0.2) is 5.96 Å². The molecule has 140 valence electrons. The molecule has 2 saturated heterocycles. The summed E-state index contributed by atoms with van der Waals surface area (Å²) in [6.45, 7) is 9.65. The molecule has 2 fully saturated rings. The fraction of sp³-hybridized carbons (Fsp3) is 0.722. The highest BCUT2D eigenvalue weighted by Gasteiger charge is 2.24. The van der Waals surface area contributed by atoms with Gasteiger partial charge in [0.05, 0.1) is 25.8 Å². The average molecular weight is 366 g/mol. The van der Waals surface area contributed by atoms with Crippen molar-refractivity contribution in [3.8, 4) is 0 Å². The first-order chi connectivity index (χ1) is 12.3. The number of aliphatic imine (C=N–C) groups is 1. The van der Waals surface area contributed by atoms with Crippen LogP contribution < -0.4 is 11.1 Å². The average Bonchev–Trinajstić information content (AvgIpc) is 3.32. The van der Waals surface area contributed by atoms with E-state index in [0.29, 0.717) is 24.6 Å². The second-order valence-corrected chi connectivity index (χ2v) is 7.69. The van der Waals surface area contributed by atoms with Gasteiger partial charge in [-0.05, 0) is 37.4 Å². The number of rotatable bonds is 7. The third-order valence-corrected chi connectivity index (χ3v) is 6.19. The Hall–Kier alpha value is -1.15. The van der Waals surface area contributed by atoms with E-state index in [1.165, 1.54) is 24.3 Å². The van der Waals surface area contributed by atoms with Crippen LogP contribution >= 0.6 is 11.3 Å². The Kier molecular flexibility index (Phi) is 7.10. The van der Waals surface area contributed by atoms with Gasteiger partial charge in [-0.3, -0.25) is 14.8 Å². The van der Waals surface area contributed by atoms with Gasteiger partial charge in [-0.1, -0.05) is 13.0 Å². The molecule has 1 aromatic rings. The zero-order valence-corrected chi connectivity index (χ0v) is 16.0. The molecule has 0 spiro atoms. The number of guanidine groups is 1. The molecule has 3 rings (SSSR count). The van der Waals surface area contributed by atoms with Crippen molar-refractivity contribution in [3.63, 3.8) is 0 Å². The van der Waals surface area contributed by atoms with Gasteiger partial charge >= 0.3 is 0 Å². The van der Waals surface area contributed by atoms with Gasteiger partial charge in [-0.2, -0.15) is 0 Å². The van der Waals surface area contributed by atoms with E-state index in [9.17, 15) is 0 Å². The molecule has 0 aliphatic carbocycles. The Labute approximate surface area is 155 Å². The molecule has 2 unspecified atom stereocenters. The molecule has 6 nitrogen and oxygen atoms in total. The van der Waals surface area contributed by atoms with Crippen LogP contribution in [0, 0.1) is 0 Å². The molecule has 2 aliphatic heterocycles. The number of thiophene rings is 1. The highest BCUT2D eigenvalue weighted by Crippen LogP contribution is 2.26. The van der Waals surface area contributed by atoms with Crippen molar-refractivity contribution in [2.24, 2.45) is 10.7 Å². The minimum Gasteiger partial charge on any atom is -0.379 e. The van der Waals surface area contributed by atoms with Gasteiger partial charge < -0.3 is 15.8 Å². The topological polar surface area (TPSA) is 66.1 Å². The number of nitrogens with zero attached hydrogens (tertiary/aromatic N) is 3. The summed E-state index contributed by atoms with van der Waals surface area (Å²) in [5.41, 5.74) is 6.15. The number of likely N-dealkylation sites (N-methyl/N-ethyl adjacent to an activating group) is 1. The van der Waals surface area contributed by atoms with Crippen molar-refractivity contribution in [1.29, 1.82) is 0 Å². The van der Waals surface area contributed by atoms with Crippen LogP contribution in [-0.2, 0) is 4.74 Å². The molecule has 2 aliphatic rings. The molecule has 7 heteroatoms. The number of hydrogen-bond donors (Lipinski definition) is 2. The molecule has 2 atom stereocenters. The first-order valence-electron chi connectivity index (χ1n) is 9.41. The maximum absolute atomic E-state index is 6.15. The lowest BCUT2D eigenvalue weighted by Crippen LogP contribution is -2.43. The quantitative estimate of drug-likeness (QED) is 0.566. The molecule has 0 amide bonds. The van der Waals surface area contributed by atoms with Crippen LogP contribution in [0.3, 0.4) is 0 Å². The van der Waals surface area contributed by atoms with E-state index in [4.69, 9.17) is 10.5 Å². The standard InChI is InChI=1S/C18H31N5OS/c1-2-22-7-3-5-15(22)13-20-18(19)21-14-16(17-6-4-12-25-17)23-8-10-24-11-9-23/h4,6,12,15-16H,2-3,5,7-11,13-14H2,1H3,(H3,19,20,21). The third kappa shape index (κ3) is 5.17. The Morgan fingerprint density at radius 3 is 3.00 bits per heavy atom. The second kappa shape index (κ2) is 9.52. The number of morpholine rings is 1. The van der Waals surface area contributed by atoms with Crippen LogP contribution in [0.1, 0.15) is 30.7 Å². The number of nitrogens with two attached hydrogens (primary N) is 1. The molecule has 0 aromatic carbocycles. The van der Waals surface area contributed by atoms with Gasteiger partial charge in [0, 0.05) is 30.6 Å². The number of ether oxygens (including phenoxy) is 1. The lowest BCUT2D eigenvalue weighted by molar-refractivity contribution is 0.0187. The SMILES string of the molecule is CCN1CCCC1CNC(N)=NCC(c1cccs1)N1CCOCC1. The highest BCUT2D eigenvalue weighted by atomic mass is 32.1. The largest absolute Gasteiger partial charge is 0.379 e. The summed E-state index contributed by atoms with van der Waals surface area (Å²) in [7, 11) is 0. The lowest BCUT2D eigenvalue weighted by Gasteiger charge is -2.33. The van der Waals surface area contributed by atoms with Crippen molar-refractivity contribution in [3.05, 3.63) is 22.4 Å². The summed E-state index contributed by atoms with van der Waals surface area (Å²) in [6.07, 6.45) is 2.54. The van der Waals surface area contributed by atoms with Gasteiger partial charge in [0.2, 0.25) is 0 Å². The summed E-state index contributed by atoms with van der Waals surface area (Å²) in [4.78, 5) is 11.0. The highest BCUT2D eigenvalue weighted by molar-refractivity contribution is 7.10. The van der Waals surface area contributed by atoms with Crippen molar-refractivity contribution in [1.82, 2.24) is 15.1 Å². The minimum absolute atomic E-state index is 0.294. The first kappa shape index (κ1) is 18.6. The lowest BCUT2D eigenvalue weighted by atomic mass is 10.2. The molecular formula is C18H31N5OS. The summed E-state index contributed by atoms with van der Waals surface area (Å²) in [6, 6.07) is 5.19. The van der Waals surface area contributed by atoms with Crippen LogP contribution in [0.15, 0.2) is 22.5 Å². The predicted molar refractivity (Wildman–Crippen MR) is 104 cm³/mol. The van der Waals surface area contributed by atoms with Gasteiger partial charge in [-0.25, -0.2) is 0 Å². The summed E-state index contributed by atoms with van der Waals surface area (Å²) >= 11 is 1.79. The fourth-order valence-electron chi connectivity index (χ4n) is 3.76. The van der Waals surface area contributed by atoms with Gasteiger partial charge in [0.25, 0.3) is 0 Å². The van der Waals surface area contributed by atoms with E-state index in [0.717, 1.165) is 39.4 Å². The van der Waals surface area contributed by atoms with Crippen molar-refractivity contribution in [2.45, 2.75) is 31.8 Å². The Morgan fingerprint density at radius 1 is 1.44 bits per heavy atom. The Balaban J connectivity index is 1.54. The maximum Gasteiger partial charge on any atom is 0.188 e. The van der Waals surface area contributed by atoms with Crippen LogP contribution in [0.25, 0.3) is 0 Å². The summed E-state index contributed by atoms with van der Waals surface area (Å²) in [5.74, 6) is 0.567. The monoisotopic (exact) mass is 365 g/mol. The molecule has 0 saturated carbocycles. The second-order valence-electron chi connectivity index (χ2n) is 6.71. The van der Waals surface area contributed by atoms with Gasteiger partial charge in [0.1, 0.15) is 0 Å². The zero-order chi connectivity index (χ0) is 17.5. The zero-order valence-electron chi connectivity index (χ0n) is 15.2. The molecule has 3 heterocycles. The van der Waals surface area contributed by atoms with Crippen LogP contribution in [0.2, 0.25) is 0 Å². The molecule has 0 bridgehead atoms. The number of likely N-dealkylation sites (tertiary alicyclic amines) is 1. The molecule has 25 heavy (non-hydrogen) atoms. The summed E-state index contributed by atoms with van der Waals surface area (Å²) < 4.78 is 5.49. The molecule has 0 radical (unpaired) electrons. The van der Waals surface area contributed by atoms with Crippen molar-refractivity contribution < 1.29 is 4.74 Å². The number of hydrogen-bond acceptors (Lipinski definition) is 5. The van der Waals surface area contributed by atoms with Crippen LogP contribution in [-0.4, -0.2) is 74.3 Å². The minimum atomic E-state index is 0.294. The van der Waals surface area contributed by atoms with E-state index in [1.807, 2.05) is 0 Å². The van der Waals surface area contributed by atoms with Crippen molar-refractivity contribution >= 4 is 17.3 Å². The summed E-state index contributed by atoms with van der Waals surface area (Å²) in [5, 5.41) is 5.47. The smallest absolute Gasteiger partial charge is 0.188 e. The van der Waals surface area contributed by atoms with E-state index in [1.54, 1.807) is 11.3 Å². The Morgan fingerprint density at radius 2 is 2.28 bits per heavy atom.